The van der Waals surface area contributed by atoms with Gasteiger partial charge in [-0.25, -0.2) is 9.97 Å². The molecule has 3 aromatic rings. The van der Waals surface area contributed by atoms with Gasteiger partial charge in [0.15, 0.2) is 5.13 Å². The number of anilines is 2. The number of halogens is 2. The molecule has 0 spiro atoms. The van der Waals surface area contributed by atoms with Crippen molar-refractivity contribution in [2.24, 2.45) is 0 Å². The van der Waals surface area contributed by atoms with Gasteiger partial charge in [0, 0.05) is 29.7 Å². The van der Waals surface area contributed by atoms with Crippen molar-refractivity contribution in [3.63, 3.8) is 0 Å². The second-order valence-corrected chi connectivity index (χ2v) is 8.08. The minimum Gasteiger partial charge on any atom is -0.435 e. The number of amides is 1. The molecule has 1 N–H and O–H groups in total. The summed E-state index contributed by atoms with van der Waals surface area (Å²) in [5.74, 6) is 0.687. The second-order valence-electron chi connectivity index (χ2n) is 6.88. The van der Waals surface area contributed by atoms with Crippen LogP contribution in [0.4, 0.5) is 19.7 Å². The van der Waals surface area contributed by atoms with Gasteiger partial charge in [0.05, 0.1) is 11.3 Å². The zero-order valence-corrected chi connectivity index (χ0v) is 17.1. The molecule has 0 saturated carbocycles. The molecule has 2 aromatic heterocycles. The van der Waals surface area contributed by atoms with Gasteiger partial charge in [-0.15, -0.1) is 11.3 Å². The van der Waals surface area contributed by atoms with E-state index >= 15 is 0 Å². The molecule has 3 heterocycles. The summed E-state index contributed by atoms with van der Waals surface area (Å²) >= 11 is 1.35. The number of hydrogen-bond donors (Lipinski definition) is 1. The molecule has 9 heteroatoms. The summed E-state index contributed by atoms with van der Waals surface area (Å²) < 4.78 is 29.0. The molecular weight excluding hydrogens is 410 g/mol. The Kier molecular flexibility index (Phi) is 5.89. The highest BCUT2D eigenvalue weighted by atomic mass is 32.1. The quantitative estimate of drug-likeness (QED) is 0.598. The van der Waals surface area contributed by atoms with Crippen molar-refractivity contribution < 1.29 is 18.3 Å². The normalized spacial score (nSPS) is 13.7. The first-order valence-corrected chi connectivity index (χ1v) is 10.4. The minimum atomic E-state index is -2.86. The average Bonchev–Trinajstić information content (AvgIpc) is 3.38. The van der Waals surface area contributed by atoms with Crippen LogP contribution in [0.5, 0.6) is 5.75 Å². The lowest BCUT2D eigenvalue weighted by Gasteiger charge is -2.15. The Hall–Kier alpha value is -3.07. The molecule has 1 aromatic carbocycles. The van der Waals surface area contributed by atoms with Crippen LogP contribution < -0.4 is 15.0 Å². The number of carbonyl (C=O) groups excluding carboxylic acids is 1. The number of hydrogen-bond acceptors (Lipinski definition) is 6. The smallest absolute Gasteiger partial charge is 0.387 e. The van der Waals surface area contributed by atoms with Crippen LogP contribution in [0.2, 0.25) is 0 Å². The van der Waals surface area contributed by atoms with Crippen LogP contribution in [-0.2, 0) is 0 Å². The van der Waals surface area contributed by atoms with Crippen molar-refractivity contribution >= 4 is 28.2 Å². The van der Waals surface area contributed by atoms with Crippen LogP contribution >= 0.6 is 11.3 Å². The van der Waals surface area contributed by atoms with Crippen LogP contribution in [0.15, 0.2) is 42.6 Å². The molecule has 1 amide bonds. The standard InChI is InChI=1S/C21H20F2N4O2S/c1-13-18(14-4-7-16(8-5-14)29-20(22)23)25-21(30-13)26-19(28)15-6-9-17(24-12-15)27-10-2-3-11-27/h4-9,12,20H,2-3,10-11H2,1H3,(H,25,26,28). The van der Waals surface area contributed by atoms with Gasteiger partial charge in [-0.2, -0.15) is 8.78 Å². The fourth-order valence-electron chi connectivity index (χ4n) is 3.33. The maximum atomic E-state index is 12.6. The Bertz CT molecular complexity index is 1020. The number of nitrogens with zero attached hydrogens (tertiary/aromatic N) is 3. The van der Waals surface area contributed by atoms with Gasteiger partial charge in [-0.3, -0.25) is 10.1 Å². The van der Waals surface area contributed by atoms with Crippen LogP contribution in [-0.4, -0.2) is 35.6 Å². The van der Waals surface area contributed by atoms with E-state index in [1.54, 1.807) is 24.4 Å². The molecule has 0 bridgehead atoms. The van der Waals surface area contributed by atoms with Crippen molar-refractivity contribution in [1.82, 2.24) is 9.97 Å². The number of ether oxygens (including phenoxy) is 1. The summed E-state index contributed by atoms with van der Waals surface area (Å²) in [7, 11) is 0. The summed E-state index contributed by atoms with van der Waals surface area (Å²) in [5.41, 5.74) is 1.89. The molecule has 0 unspecified atom stereocenters. The number of alkyl halides is 2. The predicted octanol–water partition coefficient (Wildman–Crippen LogP) is 4.97. The first-order chi connectivity index (χ1) is 14.5. The second kappa shape index (κ2) is 8.74. The Morgan fingerprint density at radius 2 is 1.90 bits per heavy atom. The summed E-state index contributed by atoms with van der Waals surface area (Å²) in [6.45, 7) is 1.01. The van der Waals surface area contributed by atoms with E-state index < -0.39 is 6.61 Å². The largest absolute Gasteiger partial charge is 0.435 e. The van der Waals surface area contributed by atoms with E-state index in [0.717, 1.165) is 42.2 Å². The highest BCUT2D eigenvalue weighted by Gasteiger charge is 2.16. The number of pyridine rings is 1. The number of rotatable bonds is 6. The summed E-state index contributed by atoms with van der Waals surface area (Å²) in [4.78, 5) is 24.6. The molecule has 1 fully saturated rings. The zero-order valence-electron chi connectivity index (χ0n) is 16.3. The highest BCUT2D eigenvalue weighted by Crippen LogP contribution is 2.32. The topological polar surface area (TPSA) is 67.4 Å². The lowest BCUT2D eigenvalue weighted by Crippen LogP contribution is -2.19. The molecule has 0 aliphatic carbocycles. The molecule has 0 radical (unpaired) electrons. The Balaban J connectivity index is 1.44. The van der Waals surface area contributed by atoms with Gasteiger partial charge in [0.1, 0.15) is 11.6 Å². The van der Waals surface area contributed by atoms with Gasteiger partial charge in [0.25, 0.3) is 5.91 Å². The van der Waals surface area contributed by atoms with E-state index in [9.17, 15) is 13.6 Å². The third-order valence-corrected chi connectivity index (χ3v) is 5.70. The van der Waals surface area contributed by atoms with Crippen LogP contribution in [0.25, 0.3) is 11.3 Å². The molecule has 0 atom stereocenters. The van der Waals surface area contributed by atoms with Crippen molar-refractivity contribution in [2.75, 3.05) is 23.3 Å². The Labute approximate surface area is 176 Å². The third-order valence-electron chi connectivity index (χ3n) is 4.81. The van der Waals surface area contributed by atoms with Crippen LogP contribution in [0, 0.1) is 6.92 Å². The monoisotopic (exact) mass is 430 g/mol. The molecule has 1 aliphatic heterocycles. The Morgan fingerprint density at radius 1 is 1.17 bits per heavy atom. The van der Waals surface area contributed by atoms with Crippen molar-refractivity contribution in [1.29, 1.82) is 0 Å². The molecule has 156 valence electrons. The fourth-order valence-corrected chi connectivity index (χ4v) is 4.17. The predicted molar refractivity (Wildman–Crippen MR) is 113 cm³/mol. The van der Waals surface area contributed by atoms with Gasteiger partial charge in [0.2, 0.25) is 0 Å². The van der Waals surface area contributed by atoms with E-state index in [1.807, 2.05) is 13.0 Å². The summed E-state index contributed by atoms with van der Waals surface area (Å²) in [5, 5.41) is 3.27. The number of carbonyl (C=O) groups is 1. The number of benzene rings is 1. The first-order valence-electron chi connectivity index (χ1n) is 9.54. The van der Waals surface area contributed by atoms with E-state index in [0.29, 0.717) is 16.4 Å². The van der Waals surface area contributed by atoms with E-state index in [-0.39, 0.29) is 11.7 Å². The molecule has 1 aliphatic rings. The fraction of sp³-hybridized carbons (Fsp3) is 0.286. The SMILES string of the molecule is Cc1sc(NC(=O)c2ccc(N3CCCC3)nc2)nc1-c1ccc(OC(F)F)cc1. The first kappa shape index (κ1) is 20.2. The van der Waals surface area contributed by atoms with Gasteiger partial charge in [-0.1, -0.05) is 0 Å². The molecular formula is C21H20F2N4O2S. The lowest BCUT2D eigenvalue weighted by molar-refractivity contribution is -0.0498. The van der Waals surface area contributed by atoms with Crippen molar-refractivity contribution in [3.05, 3.63) is 53.0 Å². The molecule has 4 rings (SSSR count). The maximum absolute atomic E-state index is 12.6. The number of nitrogens with one attached hydrogen (secondary N) is 1. The Morgan fingerprint density at radius 3 is 2.53 bits per heavy atom. The van der Waals surface area contributed by atoms with E-state index in [4.69, 9.17) is 0 Å². The third kappa shape index (κ3) is 4.56. The van der Waals surface area contributed by atoms with Crippen LogP contribution in [0.1, 0.15) is 28.1 Å². The average molecular weight is 430 g/mol. The summed E-state index contributed by atoms with van der Waals surface area (Å²) in [6.07, 6.45) is 3.90. The summed E-state index contributed by atoms with van der Waals surface area (Å²) in [6, 6.07) is 9.87. The van der Waals surface area contributed by atoms with Crippen LogP contribution in [0.3, 0.4) is 0 Å². The van der Waals surface area contributed by atoms with E-state index in [1.165, 1.54) is 23.5 Å². The number of aromatic nitrogens is 2. The van der Waals surface area contributed by atoms with Crippen molar-refractivity contribution in [2.45, 2.75) is 26.4 Å². The maximum Gasteiger partial charge on any atom is 0.387 e. The number of thiazole rings is 1. The number of aryl methyl sites for hydroxylation is 1. The molecule has 1 saturated heterocycles. The van der Waals surface area contributed by atoms with Gasteiger partial charge < -0.3 is 9.64 Å². The lowest BCUT2D eigenvalue weighted by atomic mass is 10.1. The molecule has 6 nitrogen and oxygen atoms in total. The zero-order chi connectivity index (χ0) is 21.1. The van der Waals surface area contributed by atoms with Gasteiger partial charge in [-0.05, 0) is 56.2 Å². The minimum absolute atomic E-state index is 0.0834. The van der Waals surface area contributed by atoms with E-state index in [2.05, 4.69) is 24.9 Å². The highest BCUT2D eigenvalue weighted by molar-refractivity contribution is 7.16. The van der Waals surface area contributed by atoms with Gasteiger partial charge >= 0.3 is 6.61 Å². The molecule has 30 heavy (non-hydrogen) atoms. The van der Waals surface area contributed by atoms with Crippen molar-refractivity contribution in [3.8, 4) is 17.0 Å².